The fraction of sp³-hybridized carbons (Fsp3) is 0.333. The number of rotatable bonds is 1. The summed E-state index contributed by atoms with van der Waals surface area (Å²) in [4.78, 5) is 14.1. The van der Waals surface area contributed by atoms with Gasteiger partial charge >= 0.3 is 0 Å². The van der Waals surface area contributed by atoms with E-state index in [1.165, 1.54) is 6.08 Å². The lowest BCUT2D eigenvalue weighted by molar-refractivity contribution is 0.464. The molecule has 3 nitrogen and oxygen atoms in total. The zero-order valence-electron chi connectivity index (χ0n) is 8.23. The van der Waals surface area contributed by atoms with Gasteiger partial charge in [0.15, 0.2) is 5.54 Å². The highest BCUT2D eigenvalue weighted by Gasteiger charge is 2.36. The van der Waals surface area contributed by atoms with Crippen LogP contribution >= 0.6 is 0 Å². The Balaban J connectivity index is 2.63. The Morgan fingerprint density at radius 3 is 2.93 bits per heavy atom. The average Bonchev–Trinajstić information content (AvgIpc) is 2.30. The van der Waals surface area contributed by atoms with Crippen LogP contribution in [-0.2, 0) is 16.8 Å². The molecule has 0 saturated carbocycles. The Labute approximate surface area is 88.1 Å². The van der Waals surface area contributed by atoms with E-state index in [9.17, 15) is 10.1 Å². The van der Waals surface area contributed by atoms with Crippen molar-refractivity contribution >= 4 is 6.08 Å². The van der Waals surface area contributed by atoms with Crippen molar-refractivity contribution in [3.8, 4) is 6.07 Å². The van der Waals surface area contributed by atoms with E-state index < -0.39 is 5.54 Å². The maximum absolute atomic E-state index is 10.4. The summed E-state index contributed by atoms with van der Waals surface area (Å²) in [6.07, 6.45) is 3.97. The lowest BCUT2D eigenvalue weighted by atomic mass is 9.78. The highest BCUT2D eigenvalue weighted by atomic mass is 16.1. The summed E-state index contributed by atoms with van der Waals surface area (Å²) in [6.45, 7) is 0. The molecular weight excluding hydrogens is 188 g/mol. The van der Waals surface area contributed by atoms with Gasteiger partial charge in [0, 0.05) is 0 Å². The summed E-state index contributed by atoms with van der Waals surface area (Å²) >= 11 is 0. The van der Waals surface area contributed by atoms with Crippen LogP contribution < -0.4 is 0 Å². The third kappa shape index (κ3) is 1.45. The van der Waals surface area contributed by atoms with E-state index in [0.717, 1.165) is 24.0 Å². The Morgan fingerprint density at radius 1 is 1.40 bits per heavy atom. The highest BCUT2D eigenvalue weighted by Crippen LogP contribution is 2.37. The van der Waals surface area contributed by atoms with Crippen LogP contribution in [-0.4, -0.2) is 6.08 Å². The molecule has 0 saturated heterocycles. The van der Waals surface area contributed by atoms with Gasteiger partial charge in [-0.25, -0.2) is 4.79 Å². The smallest absolute Gasteiger partial charge is 0.211 e. The average molecular weight is 198 g/mol. The van der Waals surface area contributed by atoms with E-state index in [4.69, 9.17) is 0 Å². The second-order valence-corrected chi connectivity index (χ2v) is 3.69. The standard InChI is InChI=1S/C12H10N2O/c13-8-12(14-9-15)7-3-5-10-4-1-2-6-11(10)12/h1-2,4,6H,3,5,7H2. The molecule has 0 spiro atoms. The summed E-state index contributed by atoms with van der Waals surface area (Å²) in [5.74, 6) is 0. The van der Waals surface area contributed by atoms with Crippen molar-refractivity contribution in [3.05, 3.63) is 35.4 Å². The van der Waals surface area contributed by atoms with Crippen LogP contribution in [0.4, 0.5) is 0 Å². The van der Waals surface area contributed by atoms with Crippen LogP contribution in [0.25, 0.3) is 0 Å². The lowest BCUT2D eigenvalue weighted by Crippen LogP contribution is -2.26. The molecule has 0 aromatic heterocycles. The molecule has 0 fully saturated rings. The molecule has 0 radical (unpaired) electrons. The van der Waals surface area contributed by atoms with E-state index >= 15 is 0 Å². The molecule has 2 rings (SSSR count). The second kappa shape index (κ2) is 3.68. The first-order chi connectivity index (χ1) is 7.32. The van der Waals surface area contributed by atoms with E-state index in [0.29, 0.717) is 6.42 Å². The number of fused-ring (bicyclic) bond motifs is 1. The van der Waals surface area contributed by atoms with Crippen LogP contribution in [0.15, 0.2) is 29.3 Å². The third-order valence-electron chi connectivity index (χ3n) is 2.87. The van der Waals surface area contributed by atoms with E-state index in [1.807, 2.05) is 24.3 Å². The maximum atomic E-state index is 10.4. The Bertz CT molecular complexity index is 469. The maximum Gasteiger partial charge on any atom is 0.236 e. The summed E-state index contributed by atoms with van der Waals surface area (Å²) in [7, 11) is 0. The minimum atomic E-state index is -0.989. The largest absolute Gasteiger partial charge is 0.236 e. The van der Waals surface area contributed by atoms with Gasteiger partial charge < -0.3 is 0 Å². The van der Waals surface area contributed by atoms with Crippen molar-refractivity contribution in [2.75, 3.05) is 0 Å². The molecule has 0 heterocycles. The number of hydrogen-bond donors (Lipinski definition) is 0. The number of nitrogens with zero attached hydrogens (tertiary/aromatic N) is 2. The molecule has 0 N–H and O–H groups in total. The zero-order valence-corrected chi connectivity index (χ0v) is 8.23. The molecule has 74 valence electrons. The minimum Gasteiger partial charge on any atom is -0.211 e. The van der Waals surface area contributed by atoms with Crippen LogP contribution in [0, 0.1) is 11.3 Å². The molecule has 1 aromatic carbocycles. The van der Waals surface area contributed by atoms with Crippen molar-refractivity contribution in [2.24, 2.45) is 4.99 Å². The SMILES string of the molecule is N#CC1(N=C=O)CCCc2ccccc21. The molecule has 1 atom stereocenters. The second-order valence-electron chi connectivity index (χ2n) is 3.69. The van der Waals surface area contributed by atoms with Crippen molar-refractivity contribution in [1.29, 1.82) is 5.26 Å². The van der Waals surface area contributed by atoms with Gasteiger partial charge in [0.05, 0.1) is 6.07 Å². The predicted molar refractivity (Wildman–Crippen MR) is 54.8 cm³/mol. The number of hydrogen-bond acceptors (Lipinski definition) is 3. The number of aryl methyl sites for hydroxylation is 1. The number of benzene rings is 1. The number of isocyanates is 1. The lowest BCUT2D eigenvalue weighted by Gasteiger charge is -2.28. The van der Waals surface area contributed by atoms with Gasteiger partial charge in [0.2, 0.25) is 6.08 Å². The third-order valence-corrected chi connectivity index (χ3v) is 2.87. The van der Waals surface area contributed by atoms with Crippen LogP contribution in [0.3, 0.4) is 0 Å². The number of aliphatic imine (C=N–C) groups is 1. The van der Waals surface area contributed by atoms with Gasteiger partial charge in [0.1, 0.15) is 0 Å². The van der Waals surface area contributed by atoms with Crippen molar-refractivity contribution < 1.29 is 4.79 Å². The molecule has 1 aliphatic rings. The van der Waals surface area contributed by atoms with Gasteiger partial charge in [-0.15, -0.1) is 0 Å². The summed E-state index contributed by atoms with van der Waals surface area (Å²) < 4.78 is 0. The molecule has 3 heteroatoms. The molecule has 15 heavy (non-hydrogen) atoms. The molecule has 0 amide bonds. The first kappa shape index (κ1) is 9.64. The topological polar surface area (TPSA) is 53.2 Å². The first-order valence-electron chi connectivity index (χ1n) is 4.91. The van der Waals surface area contributed by atoms with Gasteiger partial charge in [-0.2, -0.15) is 10.3 Å². The van der Waals surface area contributed by atoms with E-state index in [1.54, 1.807) is 0 Å². The Hall–Kier alpha value is -1.91. The molecule has 1 aliphatic carbocycles. The number of carbonyl (C=O) groups excluding carboxylic acids is 1. The van der Waals surface area contributed by atoms with E-state index in [-0.39, 0.29) is 0 Å². The van der Waals surface area contributed by atoms with Crippen LogP contribution in [0.5, 0.6) is 0 Å². The number of nitriles is 1. The summed E-state index contributed by atoms with van der Waals surface area (Å²) in [6, 6.07) is 9.82. The van der Waals surface area contributed by atoms with Gasteiger partial charge in [-0.1, -0.05) is 24.3 Å². The monoisotopic (exact) mass is 198 g/mol. The normalized spacial score (nSPS) is 23.4. The van der Waals surface area contributed by atoms with Gasteiger partial charge in [-0.05, 0) is 30.4 Å². The Morgan fingerprint density at radius 2 is 2.20 bits per heavy atom. The fourth-order valence-corrected chi connectivity index (χ4v) is 2.15. The Kier molecular flexibility index (Phi) is 2.37. The highest BCUT2D eigenvalue weighted by molar-refractivity contribution is 5.46. The first-order valence-corrected chi connectivity index (χ1v) is 4.91. The molecule has 1 aromatic rings. The minimum absolute atomic E-state index is 0.607. The molecule has 0 bridgehead atoms. The zero-order chi connectivity index (χ0) is 10.7. The molecular formula is C12H10N2O. The van der Waals surface area contributed by atoms with Gasteiger partial charge in [0.25, 0.3) is 0 Å². The van der Waals surface area contributed by atoms with Crippen molar-refractivity contribution in [2.45, 2.75) is 24.8 Å². The van der Waals surface area contributed by atoms with Crippen LogP contribution in [0.1, 0.15) is 24.0 Å². The van der Waals surface area contributed by atoms with Gasteiger partial charge in [-0.3, -0.25) is 0 Å². The fourth-order valence-electron chi connectivity index (χ4n) is 2.15. The van der Waals surface area contributed by atoms with Crippen molar-refractivity contribution in [3.63, 3.8) is 0 Å². The summed E-state index contributed by atoms with van der Waals surface area (Å²) in [5, 5.41) is 9.20. The molecule has 0 aliphatic heterocycles. The van der Waals surface area contributed by atoms with Crippen LogP contribution in [0.2, 0.25) is 0 Å². The van der Waals surface area contributed by atoms with E-state index in [2.05, 4.69) is 11.1 Å². The predicted octanol–water partition coefficient (Wildman–Crippen LogP) is 2.08. The van der Waals surface area contributed by atoms with Crippen molar-refractivity contribution in [1.82, 2.24) is 0 Å². The summed E-state index contributed by atoms with van der Waals surface area (Å²) in [5.41, 5.74) is 0.989. The quantitative estimate of drug-likeness (QED) is 0.512. The molecule has 1 unspecified atom stereocenters.